The summed E-state index contributed by atoms with van der Waals surface area (Å²) in [5.74, 6) is -0.287. The van der Waals surface area contributed by atoms with Gasteiger partial charge in [-0.15, -0.1) is 0 Å². The number of benzene rings is 1. The van der Waals surface area contributed by atoms with Crippen LogP contribution >= 0.6 is 0 Å². The van der Waals surface area contributed by atoms with E-state index >= 15 is 0 Å². The minimum absolute atomic E-state index is 0.201. The van der Waals surface area contributed by atoms with Crippen molar-refractivity contribution in [2.24, 2.45) is 5.73 Å². The molecule has 96 valence electrons. The highest BCUT2D eigenvalue weighted by molar-refractivity contribution is 6.06. The number of carbonyl (C=O) groups is 2. The molecule has 0 aliphatic heterocycles. The Kier molecular flexibility index (Phi) is 3.23. The number of primary amides is 1. The molecule has 5 heteroatoms. The lowest BCUT2D eigenvalue weighted by atomic mass is 10.1. The van der Waals surface area contributed by atoms with Gasteiger partial charge in [0.1, 0.15) is 5.75 Å². The SMILES string of the molecule is CN(C)C(=O)c1ccc(OC2CC2)cc1C(N)=O. The third-order valence-corrected chi connectivity index (χ3v) is 2.72. The standard InChI is InChI=1S/C13H16N2O3/c1-15(2)13(17)10-6-5-9(18-8-3-4-8)7-11(10)12(14)16/h5-8H,3-4H2,1-2H3,(H2,14,16). The maximum atomic E-state index is 11.9. The predicted molar refractivity (Wildman–Crippen MR) is 66.6 cm³/mol. The summed E-state index contributed by atoms with van der Waals surface area (Å²) in [5.41, 5.74) is 5.80. The molecule has 18 heavy (non-hydrogen) atoms. The Bertz CT molecular complexity index is 493. The molecule has 0 saturated heterocycles. The van der Waals surface area contributed by atoms with E-state index in [4.69, 9.17) is 10.5 Å². The molecular formula is C13H16N2O3. The van der Waals surface area contributed by atoms with Gasteiger partial charge in [-0.25, -0.2) is 0 Å². The number of carbonyl (C=O) groups excluding carboxylic acids is 2. The second kappa shape index (κ2) is 4.68. The molecule has 0 aromatic heterocycles. The fraction of sp³-hybridized carbons (Fsp3) is 0.385. The average Bonchev–Trinajstić information content (AvgIpc) is 3.11. The van der Waals surface area contributed by atoms with Crippen molar-refractivity contribution < 1.29 is 14.3 Å². The predicted octanol–water partition coefficient (Wildman–Crippen LogP) is 1.03. The molecule has 1 aromatic rings. The van der Waals surface area contributed by atoms with E-state index in [9.17, 15) is 9.59 Å². The number of rotatable bonds is 4. The zero-order chi connectivity index (χ0) is 13.3. The first-order valence-corrected chi connectivity index (χ1v) is 5.81. The molecule has 2 amide bonds. The molecule has 1 fully saturated rings. The average molecular weight is 248 g/mol. The highest BCUT2D eigenvalue weighted by atomic mass is 16.5. The van der Waals surface area contributed by atoms with Crippen LogP contribution in [0, 0.1) is 0 Å². The second-order valence-electron chi connectivity index (χ2n) is 4.59. The molecule has 0 spiro atoms. The van der Waals surface area contributed by atoms with Crippen molar-refractivity contribution in [3.05, 3.63) is 29.3 Å². The lowest BCUT2D eigenvalue weighted by Gasteiger charge is -2.14. The number of hydrogen-bond acceptors (Lipinski definition) is 3. The summed E-state index contributed by atoms with van der Waals surface area (Å²) in [5, 5.41) is 0. The third kappa shape index (κ3) is 2.61. The van der Waals surface area contributed by atoms with E-state index < -0.39 is 5.91 Å². The minimum atomic E-state index is -0.624. The second-order valence-corrected chi connectivity index (χ2v) is 4.59. The van der Waals surface area contributed by atoms with Crippen LogP contribution in [0.5, 0.6) is 5.75 Å². The van der Waals surface area contributed by atoms with E-state index in [1.807, 2.05) is 0 Å². The van der Waals surface area contributed by atoms with Crippen LogP contribution in [-0.2, 0) is 0 Å². The quantitative estimate of drug-likeness (QED) is 0.864. The normalized spacial score (nSPS) is 14.1. The summed E-state index contributed by atoms with van der Waals surface area (Å²) < 4.78 is 5.58. The maximum Gasteiger partial charge on any atom is 0.254 e. The molecule has 0 atom stereocenters. The molecule has 5 nitrogen and oxygen atoms in total. The van der Waals surface area contributed by atoms with Gasteiger partial charge in [-0.1, -0.05) is 0 Å². The van der Waals surface area contributed by atoms with Crippen LogP contribution in [-0.4, -0.2) is 36.9 Å². The van der Waals surface area contributed by atoms with Crippen LogP contribution in [0.25, 0.3) is 0 Å². The Morgan fingerprint density at radius 1 is 1.28 bits per heavy atom. The van der Waals surface area contributed by atoms with Crippen molar-refractivity contribution in [1.29, 1.82) is 0 Å². The summed E-state index contributed by atoms with van der Waals surface area (Å²) in [7, 11) is 3.25. The zero-order valence-electron chi connectivity index (χ0n) is 10.5. The van der Waals surface area contributed by atoms with Crippen LogP contribution in [0.15, 0.2) is 18.2 Å². The van der Waals surface area contributed by atoms with Crippen LogP contribution in [0.1, 0.15) is 33.6 Å². The Balaban J connectivity index is 2.34. The molecule has 1 aromatic carbocycles. The zero-order valence-corrected chi connectivity index (χ0v) is 10.5. The molecule has 1 aliphatic rings. The van der Waals surface area contributed by atoms with Gasteiger partial charge in [-0.3, -0.25) is 9.59 Å². The Morgan fingerprint density at radius 3 is 2.44 bits per heavy atom. The van der Waals surface area contributed by atoms with Gasteiger partial charge in [0.05, 0.1) is 17.2 Å². The number of hydrogen-bond donors (Lipinski definition) is 1. The van der Waals surface area contributed by atoms with Crippen LogP contribution in [0.2, 0.25) is 0 Å². The van der Waals surface area contributed by atoms with Crippen LogP contribution in [0.4, 0.5) is 0 Å². The van der Waals surface area contributed by atoms with Crippen molar-refractivity contribution >= 4 is 11.8 Å². The summed E-state index contributed by atoms with van der Waals surface area (Å²) in [6.07, 6.45) is 2.30. The molecule has 0 bridgehead atoms. The monoisotopic (exact) mass is 248 g/mol. The molecular weight excluding hydrogens is 232 g/mol. The highest BCUT2D eigenvalue weighted by Gasteiger charge is 2.24. The Morgan fingerprint density at radius 2 is 1.94 bits per heavy atom. The minimum Gasteiger partial charge on any atom is -0.490 e. The van der Waals surface area contributed by atoms with Gasteiger partial charge < -0.3 is 15.4 Å². The van der Waals surface area contributed by atoms with Gasteiger partial charge in [-0.2, -0.15) is 0 Å². The maximum absolute atomic E-state index is 11.9. The first kappa shape index (κ1) is 12.4. The number of amides is 2. The van der Waals surface area contributed by atoms with Gasteiger partial charge in [0, 0.05) is 14.1 Å². The van der Waals surface area contributed by atoms with Gasteiger partial charge in [0.15, 0.2) is 0 Å². The van der Waals surface area contributed by atoms with Crippen LogP contribution in [0.3, 0.4) is 0 Å². The lowest BCUT2D eigenvalue weighted by molar-refractivity contribution is 0.0820. The van der Waals surface area contributed by atoms with Crippen molar-refractivity contribution in [2.45, 2.75) is 18.9 Å². The highest BCUT2D eigenvalue weighted by Crippen LogP contribution is 2.28. The summed E-state index contributed by atoms with van der Waals surface area (Å²) in [6, 6.07) is 4.82. The molecule has 1 aliphatic carbocycles. The molecule has 2 N–H and O–H groups in total. The molecule has 0 heterocycles. The van der Waals surface area contributed by atoms with E-state index in [1.54, 1.807) is 26.2 Å². The summed E-state index contributed by atoms with van der Waals surface area (Å²) >= 11 is 0. The Labute approximate surface area is 106 Å². The van der Waals surface area contributed by atoms with Crippen molar-refractivity contribution in [3.8, 4) is 5.75 Å². The fourth-order valence-electron chi connectivity index (χ4n) is 1.61. The number of nitrogens with zero attached hydrogens (tertiary/aromatic N) is 1. The summed E-state index contributed by atoms with van der Waals surface area (Å²) in [6.45, 7) is 0. The number of ether oxygens (including phenoxy) is 1. The van der Waals surface area contributed by atoms with Crippen molar-refractivity contribution in [3.63, 3.8) is 0 Å². The molecule has 2 rings (SSSR count). The first-order chi connectivity index (χ1) is 8.49. The molecule has 0 radical (unpaired) electrons. The van der Waals surface area contributed by atoms with E-state index in [1.165, 1.54) is 11.0 Å². The topological polar surface area (TPSA) is 72.6 Å². The van der Waals surface area contributed by atoms with Gasteiger partial charge in [-0.05, 0) is 31.0 Å². The lowest BCUT2D eigenvalue weighted by Crippen LogP contribution is -2.25. The smallest absolute Gasteiger partial charge is 0.254 e. The third-order valence-electron chi connectivity index (χ3n) is 2.72. The van der Waals surface area contributed by atoms with E-state index in [-0.39, 0.29) is 17.6 Å². The fourth-order valence-corrected chi connectivity index (χ4v) is 1.61. The van der Waals surface area contributed by atoms with Crippen molar-refractivity contribution in [1.82, 2.24) is 4.90 Å². The van der Waals surface area contributed by atoms with Crippen molar-refractivity contribution in [2.75, 3.05) is 14.1 Å². The van der Waals surface area contributed by atoms with E-state index in [2.05, 4.69) is 0 Å². The first-order valence-electron chi connectivity index (χ1n) is 5.81. The van der Waals surface area contributed by atoms with Crippen LogP contribution < -0.4 is 10.5 Å². The molecule has 0 unspecified atom stereocenters. The summed E-state index contributed by atoms with van der Waals surface area (Å²) in [4.78, 5) is 24.7. The Hall–Kier alpha value is -2.04. The van der Waals surface area contributed by atoms with Gasteiger partial charge in [0.25, 0.3) is 5.91 Å². The van der Waals surface area contributed by atoms with E-state index in [0.29, 0.717) is 11.3 Å². The number of nitrogens with two attached hydrogens (primary N) is 1. The largest absolute Gasteiger partial charge is 0.490 e. The van der Waals surface area contributed by atoms with Gasteiger partial charge >= 0.3 is 0 Å². The molecule has 1 saturated carbocycles. The van der Waals surface area contributed by atoms with Gasteiger partial charge in [0.2, 0.25) is 5.91 Å². The van der Waals surface area contributed by atoms with E-state index in [0.717, 1.165) is 12.8 Å².